The lowest BCUT2D eigenvalue weighted by Crippen LogP contribution is -2.19. The molecule has 1 N–H and O–H groups in total. The molecule has 0 unspecified atom stereocenters. The zero-order chi connectivity index (χ0) is 16.4. The number of pyridine rings is 1. The molecule has 2 aromatic carbocycles. The van der Waals surface area contributed by atoms with Crippen LogP contribution in [-0.4, -0.2) is 11.1 Å². The van der Waals surface area contributed by atoms with E-state index < -0.39 is 12.2 Å². The van der Waals surface area contributed by atoms with Crippen molar-refractivity contribution in [2.45, 2.75) is 12.1 Å². The molecule has 1 aliphatic rings. The number of alkyl carbamates (subject to hydrolysis) is 1. The van der Waals surface area contributed by atoms with Gasteiger partial charge in [0.2, 0.25) is 0 Å². The minimum atomic E-state index is -0.426. The van der Waals surface area contributed by atoms with Crippen LogP contribution in [0.3, 0.4) is 0 Å². The monoisotopic (exact) mass is 316 g/mol. The fourth-order valence-electron chi connectivity index (χ4n) is 3.00. The van der Waals surface area contributed by atoms with E-state index in [0.717, 1.165) is 22.4 Å². The van der Waals surface area contributed by atoms with Gasteiger partial charge in [-0.15, -0.1) is 0 Å². The number of aromatic nitrogens is 1. The number of nitrogens with one attached hydrogen (secondary N) is 1. The number of carbonyl (C=O) groups excluding carboxylic acids is 1. The van der Waals surface area contributed by atoms with Gasteiger partial charge in [0.1, 0.15) is 6.04 Å². The van der Waals surface area contributed by atoms with Gasteiger partial charge in [-0.2, -0.15) is 0 Å². The molecule has 1 aliphatic heterocycles. The van der Waals surface area contributed by atoms with Gasteiger partial charge in [-0.05, 0) is 34.9 Å². The topological polar surface area (TPSA) is 51.2 Å². The van der Waals surface area contributed by atoms with E-state index in [0.29, 0.717) is 0 Å². The Hall–Kier alpha value is -3.14. The number of nitrogens with zero attached hydrogens (tertiary/aromatic N) is 1. The number of rotatable bonds is 3. The highest BCUT2D eigenvalue weighted by Crippen LogP contribution is 2.36. The fourth-order valence-corrected chi connectivity index (χ4v) is 3.00. The molecule has 118 valence electrons. The first-order valence-electron chi connectivity index (χ1n) is 7.85. The van der Waals surface area contributed by atoms with Gasteiger partial charge in [0.25, 0.3) is 0 Å². The van der Waals surface area contributed by atoms with Crippen molar-refractivity contribution in [1.29, 1.82) is 0 Å². The Morgan fingerprint density at radius 3 is 2.46 bits per heavy atom. The number of hydrogen-bond acceptors (Lipinski definition) is 3. The van der Waals surface area contributed by atoms with E-state index in [9.17, 15) is 4.79 Å². The van der Waals surface area contributed by atoms with Crippen molar-refractivity contribution in [2.75, 3.05) is 0 Å². The van der Waals surface area contributed by atoms with Gasteiger partial charge >= 0.3 is 6.09 Å². The maximum atomic E-state index is 11.8. The minimum absolute atomic E-state index is 0.254. The van der Waals surface area contributed by atoms with E-state index in [1.165, 1.54) is 0 Å². The Kier molecular flexibility index (Phi) is 3.71. The van der Waals surface area contributed by atoms with Crippen LogP contribution in [0.25, 0.3) is 11.1 Å². The van der Waals surface area contributed by atoms with Gasteiger partial charge in [0.15, 0.2) is 6.10 Å². The summed E-state index contributed by atoms with van der Waals surface area (Å²) in [6.45, 7) is 0. The highest BCUT2D eigenvalue weighted by atomic mass is 16.6. The SMILES string of the molecule is O=C1N[C@@H](c2cccc(-c3ccccc3)c2)[C@H](c2ccccn2)O1. The first-order chi connectivity index (χ1) is 11.8. The normalized spacial score (nSPS) is 19.6. The second kappa shape index (κ2) is 6.16. The summed E-state index contributed by atoms with van der Waals surface area (Å²) in [4.78, 5) is 16.1. The predicted molar refractivity (Wildman–Crippen MR) is 91.2 cm³/mol. The maximum Gasteiger partial charge on any atom is 0.408 e. The summed E-state index contributed by atoms with van der Waals surface area (Å²) in [6.07, 6.45) is 0.865. The quantitative estimate of drug-likeness (QED) is 0.785. The third-order valence-electron chi connectivity index (χ3n) is 4.14. The second-order valence-electron chi connectivity index (χ2n) is 5.69. The van der Waals surface area contributed by atoms with E-state index in [-0.39, 0.29) is 6.04 Å². The fraction of sp³-hybridized carbons (Fsp3) is 0.100. The average Bonchev–Trinajstić information content (AvgIpc) is 3.05. The smallest absolute Gasteiger partial charge is 0.408 e. The molecular weight excluding hydrogens is 300 g/mol. The van der Waals surface area contributed by atoms with Gasteiger partial charge in [0, 0.05) is 6.20 Å². The Balaban J connectivity index is 1.71. The molecule has 1 aromatic heterocycles. The predicted octanol–water partition coefficient (Wildman–Crippen LogP) is 4.27. The van der Waals surface area contributed by atoms with Crippen molar-refractivity contribution in [3.05, 3.63) is 90.3 Å². The van der Waals surface area contributed by atoms with Crippen molar-refractivity contribution in [3.8, 4) is 11.1 Å². The maximum absolute atomic E-state index is 11.8. The Morgan fingerprint density at radius 2 is 1.67 bits per heavy atom. The van der Waals surface area contributed by atoms with Gasteiger partial charge in [-0.1, -0.05) is 54.6 Å². The summed E-state index contributed by atoms with van der Waals surface area (Å²) >= 11 is 0. The van der Waals surface area contributed by atoms with Gasteiger partial charge in [0.05, 0.1) is 5.69 Å². The molecule has 0 spiro atoms. The van der Waals surface area contributed by atoms with E-state index in [2.05, 4.69) is 34.6 Å². The molecular formula is C20H16N2O2. The number of amides is 1. The lowest BCUT2D eigenvalue weighted by Gasteiger charge is -2.17. The van der Waals surface area contributed by atoms with E-state index in [4.69, 9.17) is 4.74 Å². The first-order valence-corrected chi connectivity index (χ1v) is 7.85. The van der Waals surface area contributed by atoms with Gasteiger partial charge in [-0.3, -0.25) is 4.98 Å². The van der Waals surface area contributed by atoms with Crippen LogP contribution in [0.4, 0.5) is 4.79 Å². The van der Waals surface area contributed by atoms with Crippen LogP contribution in [0, 0.1) is 0 Å². The molecule has 2 heterocycles. The molecule has 1 fully saturated rings. The lowest BCUT2D eigenvalue weighted by molar-refractivity contribution is 0.130. The van der Waals surface area contributed by atoms with Crippen LogP contribution in [0.15, 0.2) is 79.0 Å². The number of cyclic esters (lactones) is 1. The molecule has 4 heteroatoms. The summed E-state index contributed by atoms with van der Waals surface area (Å²) in [5.74, 6) is 0. The number of hydrogen-bond donors (Lipinski definition) is 1. The molecule has 4 rings (SSSR count). The zero-order valence-electron chi connectivity index (χ0n) is 12.9. The average molecular weight is 316 g/mol. The number of carbonyl (C=O) groups is 1. The second-order valence-corrected chi connectivity index (χ2v) is 5.69. The molecule has 3 aromatic rings. The largest absolute Gasteiger partial charge is 0.437 e. The third-order valence-corrected chi connectivity index (χ3v) is 4.14. The van der Waals surface area contributed by atoms with Crippen molar-refractivity contribution in [1.82, 2.24) is 10.3 Å². The van der Waals surface area contributed by atoms with Crippen LogP contribution < -0.4 is 5.32 Å². The summed E-state index contributed by atoms with van der Waals surface area (Å²) in [7, 11) is 0. The molecule has 0 aliphatic carbocycles. The van der Waals surface area contributed by atoms with Crippen molar-refractivity contribution >= 4 is 6.09 Å². The summed E-state index contributed by atoms with van der Waals surface area (Å²) in [5.41, 5.74) is 3.98. The molecule has 24 heavy (non-hydrogen) atoms. The third kappa shape index (κ3) is 2.74. The lowest BCUT2D eigenvalue weighted by atomic mass is 9.95. The van der Waals surface area contributed by atoms with Crippen LogP contribution >= 0.6 is 0 Å². The van der Waals surface area contributed by atoms with Crippen molar-refractivity contribution < 1.29 is 9.53 Å². The van der Waals surface area contributed by atoms with Gasteiger partial charge in [-0.25, -0.2) is 4.79 Å². The molecule has 1 amide bonds. The highest BCUT2D eigenvalue weighted by Gasteiger charge is 2.37. The van der Waals surface area contributed by atoms with Crippen LogP contribution in [0.5, 0.6) is 0 Å². The molecule has 4 nitrogen and oxygen atoms in total. The van der Waals surface area contributed by atoms with Crippen molar-refractivity contribution in [2.24, 2.45) is 0 Å². The molecule has 0 saturated carbocycles. The molecule has 1 saturated heterocycles. The summed E-state index contributed by atoms with van der Waals surface area (Å²) < 4.78 is 5.45. The Labute approximate surface area is 140 Å². The molecule has 2 atom stereocenters. The standard InChI is InChI=1S/C20H16N2O2/c23-20-22-18(19(24-20)17-11-4-5-12-21-17)16-10-6-9-15(13-16)14-7-2-1-3-8-14/h1-13,18-19H,(H,22,23)/t18-,19-/m0/s1. The van der Waals surface area contributed by atoms with E-state index in [1.807, 2.05) is 48.5 Å². The van der Waals surface area contributed by atoms with Gasteiger partial charge < -0.3 is 10.1 Å². The Morgan fingerprint density at radius 1 is 0.875 bits per heavy atom. The highest BCUT2D eigenvalue weighted by molar-refractivity contribution is 5.72. The molecule has 0 radical (unpaired) electrons. The van der Waals surface area contributed by atoms with E-state index in [1.54, 1.807) is 6.20 Å². The van der Waals surface area contributed by atoms with E-state index >= 15 is 0 Å². The van der Waals surface area contributed by atoms with Crippen LogP contribution in [0.1, 0.15) is 23.4 Å². The summed E-state index contributed by atoms with van der Waals surface area (Å²) in [6, 6.07) is 23.7. The number of ether oxygens (including phenoxy) is 1. The first kappa shape index (κ1) is 14.5. The van der Waals surface area contributed by atoms with Crippen molar-refractivity contribution in [3.63, 3.8) is 0 Å². The Bertz CT molecular complexity index is 850. The van der Waals surface area contributed by atoms with Crippen LogP contribution in [-0.2, 0) is 4.74 Å². The minimum Gasteiger partial charge on any atom is -0.437 e. The number of benzene rings is 2. The van der Waals surface area contributed by atoms with Crippen LogP contribution in [0.2, 0.25) is 0 Å². The zero-order valence-corrected chi connectivity index (χ0v) is 12.9. The molecule has 0 bridgehead atoms. The summed E-state index contributed by atoms with van der Waals surface area (Å²) in [5, 5.41) is 2.90.